The van der Waals surface area contributed by atoms with Gasteiger partial charge >= 0.3 is 12.1 Å². The fourth-order valence-electron chi connectivity index (χ4n) is 1.02. The summed E-state index contributed by atoms with van der Waals surface area (Å²) in [4.78, 5) is 23.3. The molecule has 0 aromatic heterocycles. The maximum Gasteiger partial charge on any atom is 0.410 e. The van der Waals surface area contributed by atoms with Gasteiger partial charge in [-0.05, 0) is 27.7 Å². The molecule has 1 amide bonds. The minimum Gasteiger partial charge on any atom is -0.481 e. The molecule has 0 aromatic rings. The Bertz CT molecular complexity index is 284. The Balaban J connectivity index is 4.30. The van der Waals surface area contributed by atoms with E-state index in [0.717, 1.165) is 4.90 Å². The van der Waals surface area contributed by atoms with Gasteiger partial charge in [-0.3, -0.25) is 4.79 Å². The van der Waals surface area contributed by atoms with Crippen LogP contribution in [0.25, 0.3) is 0 Å². The van der Waals surface area contributed by atoms with Crippen molar-refractivity contribution in [2.75, 3.05) is 13.6 Å². The molecule has 6 nitrogen and oxygen atoms in total. The van der Waals surface area contributed by atoms with E-state index in [0.29, 0.717) is 0 Å². The van der Waals surface area contributed by atoms with Crippen LogP contribution >= 0.6 is 0 Å². The Morgan fingerprint density at radius 1 is 1.35 bits per heavy atom. The van der Waals surface area contributed by atoms with Gasteiger partial charge in [0, 0.05) is 7.05 Å². The van der Waals surface area contributed by atoms with Gasteiger partial charge in [0.2, 0.25) is 0 Å². The molecule has 0 radical (unpaired) electrons. The highest BCUT2D eigenvalue weighted by Crippen LogP contribution is 2.11. The summed E-state index contributed by atoms with van der Waals surface area (Å²) in [5.74, 6) is -2.03. The lowest BCUT2D eigenvalue weighted by molar-refractivity contribution is -0.145. The third-order valence-electron chi connectivity index (χ3n) is 2.13. The van der Waals surface area contributed by atoms with E-state index in [1.807, 2.05) is 0 Å². The number of nitrogens with zero attached hydrogens (tertiary/aromatic N) is 1. The molecule has 0 aromatic carbocycles. The van der Waals surface area contributed by atoms with Crippen LogP contribution in [-0.4, -0.2) is 52.5 Å². The molecule has 0 aliphatic rings. The summed E-state index contributed by atoms with van der Waals surface area (Å²) < 4.78 is 5.07. The van der Waals surface area contributed by atoms with Gasteiger partial charge in [-0.1, -0.05) is 0 Å². The van der Waals surface area contributed by atoms with Crippen LogP contribution in [0, 0.1) is 5.92 Å². The zero-order valence-electron chi connectivity index (χ0n) is 10.9. The molecule has 0 bridgehead atoms. The number of amides is 1. The first-order chi connectivity index (χ1) is 7.54. The van der Waals surface area contributed by atoms with Crippen LogP contribution in [0.5, 0.6) is 0 Å². The molecule has 0 saturated heterocycles. The van der Waals surface area contributed by atoms with E-state index in [4.69, 9.17) is 9.84 Å². The van der Waals surface area contributed by atoms with Crippen molar-refractivity contribution in [1.82, 2.24) is 4.90 Å². The monoisotopic (exact) mass is 247 g/mol. The third kappa shape index (κ3) is 6.11. The van der Waals surface area contributed by atoms with Crippen molar-refractivity contribution in [1.29, 1.82) is 0 Å². The third-order valence-corrected chi connectivity index (χ3v) is 2.13. The molecule has 0 heterocycles. The number of hydrogen-bond donors (Lipinski definition) is 2. The van der Waals surface area contributed by atoms with E-state index in [-0.39, 0.29) is 6.54 Å². The number of hydrogen-bond acceptors (Lipinski definition) is 4. The van der Waals surface area contributed by atoms with Crippen LogP contribution in [0.1, 0.15) is 27.7 Å². The van der Waals surface area contributed by atoms with Gasteiger partial charge in [-0.15, -0.1) is 0 Å². The molecule has 100 valence electrons. The van der Waals surface area contributed by atoms with Crippen molar-refractivity contribution in [3.63, 3.8) is 0 Å². The summed E-state index contributed by atoms with van der Waals surface area (Å²) >= 11 is 0. The Morgan fingerprint density at radius 3 is 2.18 bits per heavy atom. The molecule has 0 saturated carbocycles. The van der Waals surface area contributed by atoms with Crippen molar-refractivity contribution in [3.8, 4) is 0 Å². The number of carboxylic acids is 1. The number of likely N-dealkylation sites (N-methyl/N-ethyl adjacent to an activating group) is 1. The Hall–Kier alpha value is -1.30. The lowest BCUT2D eigenvalue weighted by Crippen LogP contribution is -2.41. The number of carbonyl (C=O) groups excluding carboxylic acids is 1. The first-order valence-electron chi connectivity index (χ1n) is 5.39. The first kappa shape index (κ1) is 15.7. The fraction of sp³-hybridized carbons (Fsp3) is 0.818. The molecule has 17 heavy (non-hydrogen) atoms. The minimum atomic E-state index is -1.12. The highest BCUT2D eigenvalue weighted by atomic mass is 16.6. The molecular weight excluding hydrogens is 226 g/mol. The first-order valence-corrected chi connectivity index (χ1v) is 5.39. The molecule has 0 spiro atoms. The number of aliphatic hydroxyl groups excluding tert-OH is 1. The van der Waals surface area contributed by atoms with Crippen LogP contribution < -0.4 is 0 Å². The minimum absolute atomic E-state index is 0.0810. The topological polar surface area (TPSA) is 87.1 Å². The highest BCUT2D eigenvalue weighted by molar-refractivity contribution is 5.71. The number of aliphatic carboxylic acids is 1. The van der Waals surface area contributed by atoms with Gasteiger partial charge in [0.05, 0.1) is 18.6 Å². The standard InChI is InChI=1S/C11H21NO5/c1-7(9(14)15)8(13)6-12(5)10(16)17-11(2,3)4/h7-8,13H,6H2,1-5H3,(H,14,15). The maximum atomic E-state index is 11.5. The lowest BCUT2D eigenvalue weighted by atomic mass is 10.1. The largest absolute Gasteiger partial charge is 0.481 e. The molecule has 6 heteroatoms. The predicted octanol–water partition coefficient (Wildman–Crippen LogP) is 0.935. The second kappa shape index (κ2) is 5.86. The van der Waals surface area contributed by atoms with Crippen LogP contribution in [0.2, 0.25) is 0 Å². The summed E-state index contributed by atoms with van der Waals surface area (Å²) in [6, 6.07) is 0. The Labute approximate surface area is 101 Å². The van der Waals surface area contributed by atoms with E-state index in [2.05, 4.69) is 0 Å². The SMILES string of the molecule is CC(C(=O)O)C(O)CN(C)C(=O)OC(C)(C)C. The van der Waals surface area contributed by atoms with E-state index in [1.165, 1.54) is 14.0 Å². The Morgan fingerprint density at radius 2 is 1.82 bits per heavy atom. The van der Waals surface area contributed by atoms with Gasteiger partial charge in [0.15, 0.2) is 0 Å². The Kier molecular flexibility index (Phi) is 5.41. The molecule has 0 rings (SSSR count). The zero-order valence-corrected chi connectivity index (χ0v) is 10.9. The molecule has 2 N–H and O–H groups in total. The van der Waals surface area contributed by atoms with E-state index < -0.39 is 29.7 Å². The van der Waals surface area contributed by atoms with Crippen molar-refractivity contribution >= 4 is 12.1 Å². The van der Waals surface area contributed by atoms with Crippen LogP contribution in [0.15, 0.2) is 0 Å². The van der Waals surface area contributed by atoms with Gasteiger partial charge < -0.3 is 19.8 Å². The van der Waals surface area contributed by atoms with Crippen LogP contribution in [-0.2, 0) is 9.53 Å². The summed E-state index contributed by atoms with van der Waals surface area (Å²) in [5, 5.41) is 18.3. The molecular formula is C11H21NO5. The molecule has 2 unspecified atom stereocenters. The number of carboxylic acid groups (broad SMARTS) is 1. The lowest BCUT2D eigenvalue weighted by Gasteiger charge is -2.26. The summed E-state index contributed by atoms with van der Waals surface area (Å²) in [6.07, 6.45) is -1.71. The molecule has 0 fully saturated rings. The quantitative estimate of drug-likeness (QED) is 0.771. The van der Waals surface area contributed by atoms with E-state index in [1.54, 1.807) is 20.8 Å². The van der Waals surface area contributed by atoms with Gasteiger partial charge in [0.25, 0.3) is 0 Å². The summed E-state index contributed by atoms with van der Waals surface area (Å²) in [5.41, 5.74) is -0.616. The molecule has 0 aliphatic heterocycles. The average molecular weight is 247 g/mol. The van der Waals surface area contributed by atoms with Crippen LogP contribution in [0.3, 0.4) is 0 Å². The van der Waals surface area contributed by atoms with E-state index >= 15 is 0 Å². The van der Waals surface area contributed by atoms with Crippen molar-refractivity contribution in [2.45, 2.75) is 39.4 Å². The smallest absolute Gasteiger partial charge is 0.410 e. The summed E-state index contributed by atoms with van der Waals surface area (Å²) in [7, 11) is 1.45. The average Bonchev–Trinajstić information content (AvgIpc) is 2.13. The second-order valence-corrected chi connectivity index (χ2v) is 5.06. The fourth-order valence-corrected chi connectivity index (χ4v) is 1.02. The van der Waals surface area contributed by atoms with Crippen molar-refractivity contribution in [3.05, 3.63) is 0 Å². The normalized spacial score (nSPS) is 14.9. The summed E-state index contributed by atoms with van der Waals surface area (Å²) in [6.45, 7) is 6.50. The highest BCUT2D eigenvalue weighted by Gasteiger charge is 2.26. The number of rotatable bonds is 4. The maximum absolute atomic E-state index is 11.5. The molecule has 0 aliphatic carbocycles. The van der Waals surface area contributed by atoms with Gasteiger partial charge in [0.1, 0.15) is 5.60 Å². The van der Waals surface area contributed by atoms with E-state index in [9.17, 15) is 14.7 Å². The number of aliphatic hydroxyl groups is 1. The van der Waals surface area contributed by atoms with Gasteiger partial charge in [-0.2, -0.15) is 0 Å². The van der Waals surface area contributed by atoms with Crippen molar-refractivity contribution in [2.24, 2.45) is 5.92 Å². The zero-order chi connectivity index (χ0) is 13.8. The molecule has 2 atom stereocenters. The second-order valence-electron chi connectivity index (χ2n) is 5.06. The predicted molar refractivity (Wildman–Crippen MR) is 61.7 cm³/mol. The number of carbonyl (C=O) groups is 2. The van der Waals surface area contributed by atoms with Crippen molar-refractivity contribution < 1.29 is 24.5 Å². The van der Waals surface area contributed by atoms with Gasteiger partial charge in [-0.25, -0.2) is 4.79 Å². The van der Waals surface area contributed by atoms with Crippen LogP contribution in [0.4, 0.5) is 4.79 Å². The number of ether oxygens (including phenoxy) is 1.